The third kappa shape index (κ3) is 1.79. The lowest BCUT2D eigenvalue weighted by Gasteiger charge is -2.07. The van der Waals surface area contributed by atoms with Crippen LogP contribution in [0, 0.1) is 0 Å². The van der Waals surface area contributed by atoms with Crippen LogP contribution in [0.2, 0.25) is 0 Å². The van der Waals surface area contributed by atoms with Crippen molar-refractivity contribution in [3.63, 3.8) is 0 Å². The Hall–Kier alpha value is 1.46. The van der Waals surface area contributed by atoms with E-state index in [4.69, 9.17) is 0 Å². The molecule has 10 heavy (non-hydrogen) atoms. The van der Waals surface area contributed by atoms with Gasteiger partial charge in [-0.25, -0.2) is 0 Å². The molecule has 0 nitrogen and oxygen atoms in total. The van der Waals surface area contributed by atoms with Crippen molar-refractivity contribution in [1.82, 2.24) is 0 Å². The van der Waals surface area contributed by atoms with Crippen LogP contribution in [-0.2, 0) is 0 Å². The minimum atomic E-state index is 1.13. The minimum absolute atomic E-state index is 1.13. The van der Waals surface area contributed by atoms with Crippen molar-refractivity contribution in [2.45, 2.75) is 5.40 Å². The summed E-state index contributed by atoms with van der Waals surface area (Å²) in [7, 11) is 5.60. The van der Waals surface area contributed by atoms with Gasteiger partial charge in [0.2, 0.25) is 0 Å². The lowest BCUT2D eigenvalue weighted by Crippen LogP contribution is -1.96. The van der Waals surface area contributed by atoms with Gasteiger partial charge in [0.05, 0.1) is 0 Å². The van der Waals surface area contributed by atoms with Gasteiger partial charge in [-0.1, -0.05) is 16.8 Å². The highest BCUT2D eigenvalue weighted by Gasteiger charge is 2.20. The van der Waals surface area contributed by atoms with Crippen molar-refractivity contribution in [2.24, 2.45) is 0 Å². The largest absolute Gasteiger partial charge is 0.109 e. The maximum absolute atomic E-state index is 1.95. The van der Waals surface area contributed by atoms with Crippen LogP contribution in [-0.4, -0.2) is 35.1 Å². The van der Waals surface area contributed by atoms with Crippen LogP contribution in [0.4, 0.5) is 0 Å². The second kappa shape index (κ2) is 3.92. The van der Waals surface area contributed by atoms with Gasteiger partial charge < -0.3 is 0 Å². The topological polar surface area (TPSA) is 0 Å². The van der Waals surface area contributed by atoms with Gasteiger partial charge in [-0.2, -0.15) is 0 Å². The first kappa shape index (κ1) is 8.08. The third-order valence-corrected chi connectivity index (χ3v) is 10.6. The van der Waals surface area contributed by atoms with E-state index in [-0.39, 0.29) is 0 Å². The van der Waals surface area contributed by atoms with E-state index in [1.165, 1.54) is 38.1 Å². The first-order chi connectivity index (χ1) is 4.97. The normalized spacial score (nSPS) is 41.6. The summed E-state index contributed by atoms with van der Waals surface area (Å²) in [4.78, 5) is 0. The predicted octanol–water partition coefficient (Wildman–Crippen LogP) is 2.45. The molecule has 2 aliphatic rings. The van der Waals surface area contributed by atoms with E-state index in [9.17, 15) is 0 Å². The van der Waals surface area contributed by atoms with Crippen LogP contribution in [0.25, 0.3) is 0 Å². The summed E-state index contributed by atoms with van der Waals surface area (Å²) < 4.78 is 0. The lowest BCUT2D eigenvalue weighted by atomic mass is 10.9. The van der Waals surface area contributed by atoms with Crippen LogP contribution >= 0.6 is 33.9 Å². The standard InChI is InChI=1S/C6H12P4/c1-2-8-5(7-1)6-9-3-4-10-6/h5,7-9H,1-4H2. The quantitative estimate of drug-likeness (QED) is 0.580. The highest BCUT2D eigenvalue weighted by atomic mass is 31.1. The number of rotatable bonds is 1. The zero-order valence-electron chi connectivity index (χ0n) is 5.85. The van der Waals surface area contributed by atoms with E-state index in [2.05, 4.69) is 0 Å². The molecule has 0 radical (unpaired) electrons. The molecule has 1 saturated heterocycles. The molecule has 2 heterocycles. The van der Waals surface area contributed by atoms with E-state index in [1.54, 1.807) is 20.5 Å². The SMILES string of the molecule is C1CPC(C2PCCP2)=P1. The molecule has 1 fully saturated rings. The van der Waals surface area contributed by atoms with Crippen LogP contribution in [0.15, 0.2) is 0 Å². The highest BCUT2D eigenvalue weighted by Crippen LogP contribution is 2.49. The van der Waals surface area contributed by atoms with Crippen molar-refractivity contribution in [3.8, 4) is 0 Å². The predicted molar refractivity (Wildman–Crippen MR) is 60.1 cm³/mol. The Morgan fingerprint density at radius 2 is 2.00 bits per heavy atom. The molecule has 0 aromatic carbocycles. The Morgan fingerprint density at radius 1 is 1.20 bits per heavy atom. The summed E-state index contributed by atoms with van der Waals surface area (Å²) in [6.07, 6.45) is 6.10. The molecule has 0 aromatic heterocycles. The maximum atomic E-state index is 1.95. The Bertz CT molecular complexity index is 148. The average Bonchev–Trinajstić information content (AvgIpc) is 2.59. The van der Waals surface area contributed by atoms with E-state index in [1.807, 2.05) is 5.03 Å². The Balaban J connectivity index is 1.97. The summed E-state index contributed by atoms with van der Waals surface area (Å²) in [6.45, 7) is 0. The van der Waals surface area contributed by atoms with Gasteiger partial charge in [0.1, 0.15) is 0 Å². The summed E-state index contributed by atoms with van der Waals surface area (Å²) >= 11 is 0. The second-order valence-electron chi connectivity index (χ2n) is 2.53. The Labute approximate surface area is 69.5 Å². The van der Waals surface area contributed by atoms with E-state index >= 15 is 0 Å². The molecule has 0 amide bonds. The Kier molecular flexibility index (Phi) is 3.16. The molecule has 0 spiro atoms. The van der Waals surface area contributed by atoms with Crippen molar-refractivity contribution in [1.29, 1.82) is 0 Å². The molecule has 0 N–H and O–H groups in total. The minimum Gasteiger partial charge on any atom is -0.109 e. The molecule has 3 unspecified atom stereocenters. The van der Waals surface area contributed by atoms with E-state index in [0.717, 1.165) is 5.40 Å². The molecule has 0 aliphatic carbocycles. The molecule has 2 rings (SSSR count). The van der Waals surface area contributed by atoms with Crippen LogP contribution in [0.1, 0.15) is 0 Å². The maximum Gasteiger partial charge on any atom is 0.0227 e. The van der Waals surface area contributed by atoms with Gasteiger partial charge in [0, 0.05) is 5.40 Å². The fraction of sp³-hybridized carbons (Fsp3) is 0.833. The molecular formula is C6H12P4. The van der Waals surface area contributed by atoms with E-state index < -0.39 is 0 Å². The smallest absolute Gasteiger partial charge is 0.0227 e. The summed E-state index contributed by atoms with van der Waals surface area (Å²) in [6, 6.07) is 0. The fourth-order valence-electron chi connectivity index (χ4n) is 1.31. The summed E-state index contributed by atoms with van der Waals surface area (Å²) in [5, 5.41) is 3.08. The van der Waals surface area contributed by atoms with Crippen LogP contribution < -0.4 is 0 Å². The molecule has 0 aromatic rings. The molecule has 56 valence electrons. The number of hydrogen-bond acceptors (Lipinski definition) is 0. The van der Waals surface area contributed by atoms with Gasteiger partial charge in [-0.3, -0.25) is 0 Å². The lowest BCUT2D eigenvalue weighted by molar-refractivity contribution is 1.57. The van der Waals surface area contributed by atoms with Gasteiger partial charge in [-0.15, -0.1) is 17.2 Å². The zero-order valence-corrected chi connectivity index (χ0v) is 9.75. The first-order valence-electron chi connectivity index (χ1n) is 3.72. The van der Waals surface area contributed by atoms with Crippen molar-refractivity contribution in [2.75, 3.05) is 24.6 Å². The third-order valence-electron chi connectivity index (χ3n) is 1.80. The average molecular weight is 208 g/mol. The van der Waals surface area contributed by atoms with Gasteiger partial charge >= 0.3 is 0 Å². The molecule has 3 atom stereocenters. The molecular weight excluding hydrogens is 196 g/mol. The van der Waals surface area contributed by atoms with Gasteiger partial charge in [0.25, 0.3) is 0 Å². The molecule has 0 saturated carbocycles. The second-order valence-corrected chi connectivity index (χ2v) is 9.14. The highest BCUT2D eigenvalue weighted by molar-refractivity contribution is 7.82. The molecule has 4 heteroatoms. The zero-order chi connectivity index (χ0) is 6.81. The Morgan fingerprint density at radius 3 is 2.60 bits per heavy atom. The van der Waals surface area contributed by atoms with Crippen molar-refractivity contribution < 1.29 is 0 Å². The van der Waals surface area contributed by atoms with Crippen LogP contribution in [0.3, 0.4) is 0 Å². The van der Waals surface area contributed by atoms with Crippen LogP contribution in [0.5, 0.6) is 0 Å². The summed E-state index contributed by atoms with van der Waals surface area (Å²) in [5.41, 5.74) is 0. The fourth-order valence-corrected chi connectivity index (χ4v) is 10.1. The van der Waals surface area contributed by atoms with E-state index in [0.29, 0.717) is 0 Å². The number of hydrogen-bond donors (Lipinski definition) is 0. The molecule has 0 bridgehead atoms. The monoisotopic (exact) mass is 208 g/mol. The van der Waals surface area contributed by atoms with Crippen molar-refractivity contribution >= 4 is 39.0 Å². The molecule has 2 aliphatic heterocycles. The van der Waals surface area contributed by atoms with Gasteiger partial charge in [0.15, 0.2) is 0 Å². The van der Waals surface area contributed by atoms with Gasteiger partial charge in [-0.05, 0) is 29.7 Å². The first-order valence-corrected chi connectivity index (χ1v) is 8.57. The summed E-state index contributed by atoms with van der Waals surface area (Å²) in [5.74, 6) is 0. The van der Waals surface area contributed by atoms with Crippen molar-refractivity contribution in [3.05, 3.63) is 0 Å².